The third-order valence-corrected chi connectivity index (χ3v) is 6.57. The first kappa shape index (κ1) is 23.6. The minimum atomic E-state index is -2.46. The molecule has 7 nitrogen and oxygen atoms in total. The number of rotatable bonds is 5. The Hall–Kier alpha value is -2.52. The molecule has 174 valence electrons. The van der Waals surface area contributed by atoms with Gasteiger partial charge in [-0.3, -0.25) is 9.62 Å². The summed E-state index contributed by atoms with van der Waals surface area (Å²) in [6.45, 7) is 2.49. The van der Waals surface area contributed by atoms with Gasteiger partial charge in [0.2, 0.25) is 0 Å². The zero-order valence-corrected chi connectivity index (χ0v) is 20.5. The Morgan fingerprint density at radius 3 is 1.97 bits per heavy atom. The molecule has 10 heteroatoms. The second-order valence-corrected chi connectivity index (χ2v) is 11.2. The Morgan fingerprint density at radius 1 is 0.970 bits per heavy atom. The number of hydrogen-bond acceptors (Lipinski definition) is 4. The van der Waals surface area contributed by atoms with Crippen molar-refractivity contribution in [1.29, 1.82) is 0 Å². The van der Waals surface area contributed by atoms with Gasteiger partial charge in [0.15, 0.2) is 5.82 Å². The van der Waals surface area contributed by atoms with Gasteiger partial charge in [-0.15, -0.1) is 5.10 Å². The van der Waals surface area contributed by atoms with Crippen LogP contribution < -0.4 is 4.72 Å². The number of aromatic nitrogens is 2. The normalized spacial score (nSPS) is 16.5. The number of halogens is 2. The fraction of sp³-hybridized carbons (Fsp3) is 0.261. The van der Waals surface area contributed by atoms with Gasteiger partial charge in [-0.2, -0.15) is 4.68 Å². The van der Waals surface area contributed by atoms with Crippen molar-refractivity contribution in [3.8, 4) is 0 Å². The van der Waals surface area contributed by atoms with Crippen molar-refractivity contribution in [2.45, 2.75) is 6.04 Å². The Balaban J connectivity index is 1.48. The molecular weight excluding hydrogens is 481 g/mol. The number of amides is 1. The number of piperazine rings is 1. The molecule has 3 aromatic rings. The molecule has 1 unspecified atom stereocenters. The quantitative estimate of drug-likeness (QED) is 0.526. The molecule has 0 aliphatic carbocycles. The van der Waals surface area contributed by atoms with Crippen molar-refractivity contribution in [3.05, 3.63) is 82.0 Å². The molecule has 0 radical (unpaired) electrons. The highest BCUT2D eigenvalue weighted by Gasteiger charge is 2.29. The first-order valence-electron chi connectivity index (χ1n) is 10.4. The highest BCUT2D eigenvalue weighted by molar-refractivity contribution is 8.00. The van der Waals surface area contributed by atoms with Gasteiger partial charge in [0.25, 0.3) is 0 Å². The van der Waals surface area contributed by atoms with Crippen LogP contribution in [-0.2, 0) is 9.71 Å². The molecule has 1 aliphatic heterocycles. The van der Waals surface area contributed by atoms with E-state index in [-0.39, 0.29) is 12.1 Å². The summed E-state index contributed by atoms with van der Waals surface area (Å²) in [5.41, 5.74) is 2.25. The summed E-state index contributed by atoms with van der Waals surface area (Å²) < 4.78 is 15.8. The van der Waals surface area contributed by atoms with Gasteiger partial charge in [0, 0.05) is 64.5 Å². The number of anilines is 1. The molecule has 1 fully saturated rings. The lowest BCUT2D eigenvalue weighted by Gasteiger charge is -2.39. The van der Waals surface area contributed by atoms with E-state index in [4.69, 9.17) is 23.2 Å². The fourth-order valence-electron chi connectivity index (χ4n) is 3.93. The SMILES string of the molecule is C=S(C)(=O)Nc1ccn(C(=O)N2CCN(C(c3ccc(Cl)cc3)c3ccc(Cl)cc3)CC2)n1. The van der Waals surface area contributed by atoms with Crippen LogP contribution in [0.1, 0.15) is 17.2 Å². The van der Waals surface area contributed by atoms with Gasteiger partial charge in [-0.05, 0) is 41.3 Å². The number of carbonyl (C=O) groups excluding carboxylic acids is 1. The van der Waals surface area contributed by atoms with Gasteiger partial charge in [0.1, 0.15) is 0 Å². The first-order valence-corrected chi connectivity index (χ1v) is 13.3. The van der Waals surface area contributed by atoms with Crippen molar-refractivity contribution in [2.75, 3.05) is 37.2 Å². The molecule has 1 amide bonds. The maximum atomic E-state index is 12.9. The first-order chi connectivity index (χ1) is 15.7. The summed E-state index contributed by atoms with van der Waals surface area (Å²) >= 11 is 12.2. The molecule has 2 heterocycles. The fourth-order valence-corrected chi connectivity index (χ4v) is 4.73. The zero-order chi connectivity index (χ0) is 23.6. The van der Waals surface area contributed by atoms with Crippen LogP contribution in [0, 0.1) is 0 Å². The molecule has 1 aromatic heterocycles. The second-order valence-electron chi connectivity index (χ2n) is 8.06. The van der Waals surface area contributed by atoms with Crippen LogP contribution in [0.25, 0.3) is 0 Å². The Morgan fingerprint density at radius 2 is 1.48 bits per heavy atom. The molecule has 1 atom stereocenters. The Bertz CT molecular complexity index is 1170. The average Bonchev–Trinajstić information content (AvgIpc) is 3.23. The number of carbonyl (C=O) groups is 1. The summed E-state index contributed by atoms with van der Waals surface area (Å²) in [6.07, 6.45) is 3.04. The topological polar surface area (TPSA) is 70.5 Å². The van der Waals surface area contributed by atoms with Crippen LogP contribution in [0.5, 0.6) is 0 Å². The minimum absolute atomic E-state index is 0.0204. The molecule has 0 saturated carbocycles. The van der Waals surface area contributed by atoms with E-state index in [1.54, 1.807) is 17.2 Å². The maximum Gasteiger partial charge on any atom is 0.344 e. The van der Waals surface area contributed by atoms with E-state index >= 15 is 0 Å². The maximum absolute atomic E-state index is 12.9. The number of benzene rings is 2. The molecule has 1 aliphatic rings. The van der Waals surface area contributed by atoms with Gasteiger partial charge in [-0.1, -0.05) is 47.5 Å². The van der Waals surface area contributed by atoms with Gasteiger partial charge < -0.3 is 4.90 Å². The Kier molecular flexibility index (Phi) is 6.99. The molecule has 1 N–H and O–H groups in total. The summed E-state index contributed by atoms with van der Waals surface area (Å²) in [7, 11) is -2.46. The van der Waals surface area contributed by atoms with E-state index in [0.29, 0.717) is 42.0 Å². The van der Waals surface area contributed by atoms with Gasteiger partial charge in [0.05, 0.1) is 6.04 Å². The monoisotopic (exact) mass is 505 g/mol. The number of nitrogens with zero attached hydrogens (tertiary/aromatic N) is 4. The molecule has 4 rings (SSSR count). The third kappa shape index (κ3) is 5.89. The molecule has 1 saturated heterocycles. The highest BCUT2D eigenvalue weighted by Crippen LogP contribution is 2.31. The van der Waals surface area contributed by atoms with Crippen LogP contribution in [0.15, 0.2) is 60.8 Å². The van der Waals surface area contributed by atoms with Crippen LogP contribution in [-0.4, -0.2) is 68.1 Å². The van der Waals surface area contributed by atoms with Crippen LogP contribution in [0.4, 0.5) is 10.6 Å². The average molecular weight is 506 g/mol. The molecule has 2 aromatic carbocycles. The van der Waals surface area contributed by atoms with E-state index in [1.165, 1.54) is 10.9 Å². The second kappa shape index (κ2) is 9.77. The van der Waals surface area contributed by atoms with Crippen molar-refractivity contribution in [1.82, 2.24) is 19.6 Å². The third-order valence-electron chi connectivity index (χ3n) is 5.43. The molecule has 0 bridgehead atoms. The standard InChI is InChI=1S/C23H25Cl2N5O2S/c1-33(2,32)27-21-11-12-30(26-21)23(31)29-15-13-28(14-16-29)22(17-3-7-19(24)8-4-17)18-5-9-20(25)10-6-18/h3-12,22H,1,13-16H2,2H3,(H,26,27,32). The smallest absolute Gasteiger partial charge is 0.320 e. The van der Waals surface area contributed by atoms with Crippen LogP contribution in [0.2, 0.25) is 10.0 Å². The van der Waals surface area contributed by atoms with Crippen LogP contribution in [0.3, 0.4) is 0 Å². The summed E-state index contributed by atoms with van der Waals surface area (Å²) in [4.78, 5) is 17.0. The van der Waals surface area contributed by atoms with Gasteiger partial charge >= 0.3 is 6.03 Å². The van der Waals surface area contributed by atoms with Crippen molar-refractivity contribution < 1.29 is 9.00 Å². The largest absolute Gasteiger partial charge is 0.344 e. The lowest BCUT2D eigenvalue weighted by atomic mass is 9.96. The minimum Gasteiger partial charge on any atom is -0.320 e. The van der Waals surface area contributed by atoms with E-state index in [0.717, 1.165) is 11.1 Å². The summed E-state index contributed by atoms with van der Waals surface area (Å²) in [6, 6.07) is 17.1. The van der Waals surface area contributed by atoms with E-state index in [1.807, 2.05) is 48.5 Å². The lowest BCUT2D eigenvalue weighted by Crippen LogP contribution is -2.51. The van der Waals surface area contributed by atoms with E-state index < -0.39 is 9.71 Å². The molecule has 33 heavy (non-hydrogen) atoms. The lowest BCUT2D eigenvalue weighted by molar-refractivity contribution is 0.119. The van der Waals surface area contributed by atoms with Crippen molar-refractivity contribution in [3.63, 3.8) is 0 Å². The molecule has 0 spiro atoms. The zero-order valence-electron chi connectivity index (χ0n) is 18.2. The number of hydrogen-bond donors (Lipinski definition) is 1. The summed E-state index contributed by atoms with van der Waals surface area (Å²) in [5.74, 6) is 3.90. The number of nitrogens with one attached hydrogen (secondary N) is 1. The molecular formula is C23H25Cl2N5O2S. The van der Waals surface area contributed by atoms with Crippen molar-refractivity contribution in [2.24, 2.45) is 0 Å². The van der Waals surface area contributed by atoms with Gasteiger partial charge in [-0.25, -0.2) is 9.00 Å². The van der Waals surface area contributed by atoms with E-state index in [2.05, 4.69) is 20.6 Å². The predicted octanol–water partition coefficient (Wildman–Crippen LogP) is 4.24. The predicted molar refractivity (Wildman–Crippen MR) is 136 cm³/mol. The highest BCUT2D eigenvalue weighted by atomic mass is 35.5. The van der Waals surface area contributed by atoms with Crippen LogP contribution >= 0.6 is 23.2 Å². The Labute approximate surface area is 204 Å². The van der Waals surface area contributed by atoms with E-state index in [9.17, 15) is 9.00 Å². The van der Waals surface area contributed by atoms with Crippen molar-refractivity contribution >= 4 is 50.6 Å². The summed E-state index contributed by atoms with van der Waals surface area (Å²) in [5, 5.41) is 5.57.